The first-order chi connectivity index (χ1) is 9.60. The summed E-state index contributed by atoms with van der Waals surface area (Å²) >= 11 is 0. The summed E-state index contributed by atoms with van der Waals surface area (Å²) < 4.78 is 0. The first-order valence-electron chi connectivity index (χ1n) is 8.26. The summed E-state index contributed by atoms with van der Waals surface area (Å²) in [5.41, 5.74) is 4.49. The molecule has 1 aromatic rings. The fourth-order valence-electron chi connectivity index (χ4n) is 2.29. The van der Waals surface area contributed by atoms with Crippen molar-refractivity contribution < 1.29 is 0 Å². The normalized spacial score (nSPS) is 10.6. The Morgan fingerprint density at radius 2 is 1.65 bits per heavy atom. The van der Waals surface area contributed by atoms with Crippen molar-refractivity contribution in [3.63, 3.8) is 0 Å². The van der Waals surface area contributed by atoms with E-state index in [1.807, 2.05) is 34.6 Å². The molecule has 0 saturated heterocycles. The van der Waals surface area contributed by atoms with Crippen LogP contribution in [-0.4, -0.2) is 5.71 Å². The number of nitrogens with one attached hydrogen (secondary N) is 1. The number of benzene rings is 1. The molecule has 0 radical (unpaired) electrons. The van der Waals surface area contributed by atoms with Crippen LogP contribution < -0.4 is 0 Å². The topological polar surface area (TPSA) is 23.9 Å². The molecule has 0 amide bonds. The quantitative estimate of drug-likeness (QED) is 0.577. The van der Waals surface area contributed by atoms with E-state index in [1.54, 1.807) is 0 Å². The fourth-order valence-corrected chi connectivity index (χ4v) is 2.29. The largest absolute Gasteiger partial charge is 0.305 e. The average Bonchev–Trinajstić information content (AvgIpc) is 2.48. The third kappa shape index (κ3) is 6.88. The van der Waals surface area contributed by atoms with E-state index in [0.29, 0.717) is 11.6 Å². The van der Waals surface area contributed by atoms with Crippen molar-refractivity contribution in [2.75, 3.05) is 0 Å². The van der Waals surface area contributed by atoms with Gasteiger partial charge in [0.05, 0.1) is 0 Å². The van der Waals surface area contributed by atoms with Crippen LogP contribution in [0.25, 0.3) is 0 Å². The molecule has 116 valence electrons. The molecule has 20 heavy (non-hydrogen) atoms. The molecule has 0 aliphatic carbocycles. The van der Waals surface area contributed by atoms with E-state index >= 15 is 0 Å². The number of rotatable bonds is 5. The summed E-state index contributed by atoms with van der Waals surface area (Å²) in [6, 6.07) is 6.47. The maximum atomic E-state index is 7.85. The van der Waals surface area contributed by atoms with Gasteiger partial charge in [-0.15, -0.1) is 0 Å². The SMILES string of the molecule is CC.CC.CCCC(CC)c1cc(C)ccc1C(C)=N. The smallest absolute Gasteiger partial charge is 0.0358 e. The van der Waals surface area contributed by atoms with E-state index in [1.165, 1.54) is 24.0 Å². The van der Waals surface area contributed by atoms with E-state index in [2.05, 4.69) is 39.0 Å². The summed E-state index contributed by atoms with van der Waals surface area (Å²) in [4.78, 5) is 0. The molecule has 0 aromatic heterocycles. The van der Waals surface area contributed by atoms with Gasteiger partial charge in [-0.2, -0.15) is 0 Å². The van der Waals surface area contributed by atoms with Gasteiger partial charge >= 0.3 is 0 Å². The van der Waals surface area contributed by atoms with Gasteiger partial charge in [-0.3, -0.25) is 0 Å². The van der Waals surface area contributed by atoms with Crippen LogP contribution in [0, 0.1) is 12.3 Å². The zero-order valence-electron chi connectivity index (χ0n) is 14.9. The van der Waals surface area contributed by atoms with Gasteiger partial charge < -0.3 is 5.41 Å². The third-order valence-corrected chi connectivity index (χ3v) is 3.18. The summed E-state index contributed by atoms with van der Waals surface area (Å²) in [7, 11) is 0. The molecule has 0 aliphatic heterocycles. The zero-order chi connectivity index (χ0) is 16.1. The van der Waals surface area contributed by atoms with E-state index in [9.17, 15) is 0 Å². The van der Waals surface area contributed by atoms with Crippen LogP contribution >= 0.6 is 0 Å². The van der Waals surface area contributed by atoms with Gasteiger partial charge in [0.2, 0.25) is 0 Å². The maximum absolute atomic E-state index is 7.85. The van der Waals surface area contributed by atoms with Crippen LogP contribution in [0.1, 0.15) is 90.3 Å². The lowest BCUT2D eigenvalue weighted by Gasteiger charge is -2.19. The van der Waals surface area contributed by atoms with Crippen LogP contribution in [0.5, 0.6) is 0 Å². The molecule has 0 fully saturated rings. The summed E-state index contributed by atoms with van der Waals surface area (Å²) in [6.07, 6.45) is 3.60. The second-order valence-corrected chi connectivity index (χ2v) is 4.61. The van der Waals surface area contributed by atoms with E-state index in [0.717, 1.165) is 12.0 Å². The summed E-state index contributed by atoms with van der Waals surface area (Å²) in [5, 5.41) is 7.85. The van der Waals surface area contributed by atoms with Gasteiger partial charge in [0.1, 0.15) is 0 Å². The molecule has 1 nitrogen and oxygen atoms in total. The maximum Gasteiger partial charge on any atom is 0.0358 e. The van der Waals surface area contributed by atoms with Crippen LogP contribution in [0.15, 0.2) is 18.2 Å². The van der Waals surface area contributed by atoms with Gasteiger partial charge in [-0.1, -0.05) is 71.7 Å². The van der Waals surface area contributed by atoms with Gasteiger partial charge in [-0.05, 0) is 43.7 Å². The molecular weight excluding hydrogens is 242 g/mol. The van der Waals surface area contributed by atoms with Gasteiger partial charge in [0.15, 0.2) is 0 Å². The zero-order valence-corrected chi connectivity index (χ0v) is 14.9. The molecule has 0 bridgehead atoms. The molecule has 1 atom stereocenters. The molecule has 0 aliphatic rings. The highest BCUT2D eigenvalue weighted by molar-refractivity contribution is 5.97. The Balaban J connectivity index is 0. The standard InChI is InChI=1S/C15H23N.2C2H6/c1-5-7-13(6-2)15-10-11(3)8-9-14(15)12(4)16;2*1-2/h8-10,13,16H,5-7H2,1-4H3;2*1-2H3. The minimum atomic E-state index is 0.611. The van der Waals surface area contributed by atoms with Crippen molar-refractivity contribution in [2.24, 2.45) is 0 Å². The van der Waals surface area contributed by atoms with Crippen molar-refractivity contribution >= 4 is 5.71 Å². The predicted octanol–water partition coefficient (Wildman–Crippen LogP) is 6.73. The first-order valence-corrected chi connectivity index (χ1v) is 8.26. The minimum Gasteiger partial charge on any atom is -0.305 e. The highest BCUT2D eigenvalue weighted by Gasteiger charge is 2.14. The number of hydrogen-bond acceptors (Lipinski definition) is 1. The van der Waals surface area contributed by atoms with Gasteiger partial charge in [-0.25, -0.2) is 0 Å². The Hall–Kier alpha value is -1.11. The summed E-state index contributed by atoms with van der Waals surface area (Å²) in [6.45, 7) is 16.5. The first kappa shape index (κ1) is 21.2. The van der Waals surface area contributed by atoms with Crippen LogP contribution in [-0.2, 0) is 0 Å². The molecular formula is C19H35N. The lowest BCUT2D eigenvalue weighted by Crippen LogP contribution is -2.06. The minimum absolute atomic E-state index is 0.611. The fraction of sp³-hybridized carbons (Fsp3) is 0.632. The van der Waals surface area contributed by atoms with E-state index in [-0.39, 0.29) is 0 Å². The van der Waals surface area contributed by atoms with Crippen LogP contribution in [0.2, 0.25) is 0 Å². The van der Waals surface area contributed by atoms with Crippen molar-refractivity contribution in [1.82, 2.24) is 0 Å². The van der Waals surface area contributed by atoms with Crippen LogP contribution in [0.4, 0.5) is 0 Å². The van der Waals surface area contributed by atoms with Gasteiger partial charge in [0, 0.05) is 5.71 Å². The van der Waals surface area contributed by atoms with Crippen molar-refractivity contribution in [3.8, 4) is 0 Å². The molecule has 1 rings (SSSR count). The lowest BCUT2D eigenvalue weighted by molar-refractivity contribution is 0.595. The lowest BCUT2D eigenvalue weighted by atomic mass is 9.86. The van der Waals surface area contributed by atoms with Gasteiger partial charge in [0.25, 0.3) is 0 Å². The van der Waals surface area contributed by atoms with Crippen molar-refractivity contribution in [3.05, 3.63) is 34.9 Å². The predicted molar refractivity (Wildman–Crippen MR) is 94.3 cm³/mol. The number of hydrogen-bond donors (Lipinski definition) is 1. The van der Waals surface area contributed by atoms with Crippen molar-refractivity contribution in [1.29, 1.82) is 5.41 Å². The Morgan fingerprint density at radius 1 is 1.10 bits per heavy atom. The second kappa shape index (κ2) is 12.9. The molecule has 0 heterocycles. The monoisotopic (exact) mass is 277 g/mol. The Bertz CT molecular complexity index is 366. The Kier molecular flexibility index (Phi) is 13.7. The molecule has 0 spiro atoms. The Morgan fingerprint density at radius 3 is 2.05 bits per heavy atom. The highest BCUT2D eigenvalue weighted by atomic mass is 14.4. The number of aryl methyl sites for hydroxylation is 1. The molecule has 1 unspecified atom stereocenters. The van der Waals surface area contributed by atoms with Crippen LogP contribution in [0.3, 0.4) is 0 Å². The molecule has 0 saturated carbocycles. The Labute approximate surface area is 127 Å². The second-order valence-electron chi connectivity index (χ2n) is 4.61. The highest BCUT2D eigenvalue weighted by Crippen LogP contribution is 2.28. The molecule has 1 aromatic carbocycles. The van der Waals surface area contributed by atoms with E-state index < -0.39 is 0 Å². The van der Waals surface area contributed by atoms with E-state index in [4.69, 9.17) is 5.41 Å². The third-order valence-electron chi connectivity index (χ3n) is 3.18. The van der Waals surface area contributed by atoms with Crippen molar-refractivity contribution in [2.45, 2.75) is 80.6 Å². The average molecular weight is 277 g/mol. The molecule has 1 heteroatoms. The molecule has 1 N–H and O–H groups in total. The summed E-state index contributed by atoms with van der Waals surface area (Å²) in [5.74, 6) is 0.611.